The standard InChI is InChI=1S/C77H146N4O27/c1-3-4-5-6-7-8-9-10-11-12-13-15-71(82)16-14-22-84-24-26-86-28-30-88-32-34-90-36-38-92-40-42-94-44-46-96-48-50-98-52-54-100-56-58-102-60-62-104-64-66-106-68-69-107-67-65-105-63-61-103-59-57-101-55-53-99-51-49-97-47-45-95-43-41-93-39-37-91-35-33-89-31-29-87-27-25-85-23-21-81-76-20-18-73-72(17-19-75(76)79-80-81)74(73)70-108-77(83)78-2/h72-74H,3-70H2,1-2H3,(H,78,83)/t72-,73+,74-/m1/s1. The normalized spacial score (nSPS) is 14.9. The van der Waals surface area contributed by atoms with Crippen LogP contribution in [0.3, 0.4) is 0 Å². The van der Waals surface area contributed by atoms with Gasteiger partial charge in [-0.25, -0.2) is 9.48 Å². The fourth-order valence-electron chi connectivity index (χ4n) is 11.3. The molecule has 0 unspecified atom stereocenters. The Labute approximate surface area is 646 Å². The van der Waals surface area contributed by atoms with E-state index in [4.69, 9.17) is 118 Å². The second kappa shape index (κ2) is 80.7. The number of rotatable bonds is 90. The zero-order chi connectivity index (χ0) is 76.5. The Hall–Kier alpha value is -2.88. The smallest absolute Gasteiger partial charge is 0.406 e. The number of carbonyl (C=O) groups excluding carboxylic acids is 2. The summed E-state index contributed by atoms with van der Waals surface area (Å²) in [5, 5.41) is 11.4. The number of hydrogen-bond acceptors (Lipinski definition) is 29. The molecule has 0 radical (unpaired) electrons. The molecule has 1 N–H and O–H groups in total. The fraction of sp³-hybridized carbons (Fsp3) is 0.948. The van der Waals surface area contributed by atoms with Crippen LogP contribution in [0.4, 0.5) is 4.79 Å². The molecule has 636 valence electrons. The number of carbonyl (C=O) groups is 2. The van der Waals surface area contributed by atoms with Crippen molar-refractivity contribution in [3.05, 3.63) is 11.4 Å². The zero-order valence-corrected chi connectivity index (χ0v) is 66.7. The van der Waals surface area contributed by atoms with Gasteiger partial charge in [-0.3, -0.25) is 4.79 Å². The fourth-order valence-corrected chi connectivity index (χ4v) is 11.3. The average molecular weight is 1560 g/mol. The van der Waals surface area contributed by atoms with Crippen LogP contribution in [0.15, 0.2) is 0 Å². The predicted molar refractivity (Wildman–Crippen MR) is 403 cm³/mol. The number of nitrogens with zero attached hydrogens (tertiary/aromatic N) is 3. The van der Waals surface area contributed by atoms with E-state index in [0.717, 1.165) is 44.2 Å². The van der Waals surface area contributed by atoms with Crippen LogP contribution in [0.5, 0.6) is 0 Å². The molecule has 3 rings (SSSR count). The van der Waals surface area contributed by atoms with E-state index in [0.29, 0.717) is 367 Å². The summed E-state index contributed by atoms with van der Waals surface area (Å²) in [5.41, 5.74) is 2.28. The summed E-state index contributed by atoms with van der Waals surface area (Å²) in [4.78, 5) is 23.6. The average Bonchev–Trinajstić information content (AvgIpc) is 1.61. The Morgan fingerprint density at radius 1 is 0.315 bits per heavy atom. The van der Waals surface area contributed by atoms with E-state index in [9.17, 15) is 9.59 Å². The van der Waals surface area contributed by atoms with Gasteiger partial charge in [0.05, 0.1) is 335 Å². The number of nitrogens with one attached hydrogen (secondary N) is 1. The van der Waals surface area contributed by atoms with Gasteiger partial charge in [-0.15, -0.1) is 5.10 Å². The highest BCUT2D eigenvalue weighted by atomic mass is 16.6. The summed E-state index contributed by atoms with van der Waals surface area (Å²) in [6.07, 6.45) is 20.0. The van der Waals surface area contributed by atoms with Crippen LogP contribution in [0.1, 0.15) is 121 Å². The first-order valence-electron chi connectivity index (χ1n) is 40.8. The molecule has 0 saturated heterocycles. The lowest BCUT2D eigenvalue weighted by Crippen LogP contribution is -2.20. The maximum atomic E-state index is 12.1. The Bertz CT molecular complexity index is 2030. The summed E-state index contributed by atoms with van der Waals surface area (Å²) < 4.78 is 141. The maximum absolute atomic E-state index is 12.1. The highest BCUT2D eigenvalue weighted by Gasteiger charge is 2.50. The van der Waals surface area contributed by atoms with Crippen molar-refractivity contribution in [3.8, 4) is 0 Å². The van der Waals surface area contributed by atoms with E-state index in [1.165, 1.54) is 69.9 Å². The molecule has 0 aliphatic heterocycles. The predicted octanol–water partition coefficient (Wildman–Crippen LogP) is 6.82. The van der Waals surface area contributed by atoms with E-state index in [1.54, 1.807) is 7.05 Å². The van der Waals surface area contributed by atoms with Crippen LogP contribution < -0.4 is 5.32 Å². The minimum atomic E-state index is -0.362. The molecule has 2 aliphatic carbocycles. The third-order valence-corrected chi connectivity index (χ3v) is 17.3. The lowest BCUT2D eigenvalue weighted by Gasteiger charge is -2.11. The van der Waals surface area contributed by atoms with E-state index in [2.05, 4.69) is 22.6 Å². The Morgan fingerprint density at radius 2 is 0.556 bits per heavy atom. The van der Waals surface area contributed by atoms with Gasteiger partial charge in [0.2, 0.25) is 0 Å². The van der Waals surface area contributed by atoms with Gasteiger partial charge in [-0.2, -0.15) is 0 Å². The number of aryl methyl sites for hydroxylation is 1. The van der Waals surface area contributed by atoms with Crippen molar-refractivity contribution in [2.75, 3.05) is 331 Å². The van der Waals surface area contributed by atoms with Crippen LogP contribution >= 0.6 is 0 Å². The van der Waals surface area contributed by atoms with E-state index in [1.807, 2.05) is 4.68 Å². The first-order chi connectivity index (χ1) is 53.6. The molecule has 3 atom stereocenters. The second-order valence-corrected chi connectivity index (χ2v) is 25.7. The van der Waals surface area contributed by atoms with Gasteiger partial charge in [-0.1, -0.05) is 76.3 Å². The van der Waals surface area contributed by atoms with E-state index >= 15 is 0 Å². The summed E-state index contributed by atoms with van der Waals surface area (Å²) in [6.45, 7) is 26.9. The zero-order valence-electron chi connectivity index (χ0n) is 66.7. The van der Waals surface area contributed by atoms with Gasteiger partial charge in [0.15, 0.2) is 0 Å². The number of amides is 1. The molecule has 2 aliphatic rings. The largest absolute Gasteiger partial charge is 0.449 e. The topological polar surface area (TPSA) is 308 Å². The molecule has 1 aromatic heterocycles. The molecule has 1 saturated carbocycles. The van der Waals surface area contributed by atoms with Gasteiger partial charge >= 0.3 is 6.09 Å². The third-order valence-electron chi connectivity index (χ3n) is 17.3. The Balaban J connectivity index is 0.844. The quantitative estimate of drug-likeness (QED) is 0.0654. The summed E-state index contributed by atoms with van der Waals surface area (Å²) in [7, 11) is 1.58. The SMILES string of the molecule is CCCCCCCCCCCCCC(=O)CCCOCCOCCOCCOCCOCCOCCOCCOCCOCCOCCOCCOCCOCCOCCOCCOCCOCCOCCOCCOCCOCCOCCOCCOCCn1nnc2c1CC[C@H]1[C@@H](CC2)[C@H]1COC(=O)NC. The van der Waals surface area contributed by atoms with Gasteiger partial charge in [0.1, 0.15) is 5.78 Å². The van der Waals surface area contributed by atoms with Crippen LogP contribution in [0.2, 0.25) is 0 Å². The number of hydrogen-bond donors (Lipinski definition) is 1. The van der Waals surface area contributed by atoms with Gasteiger partial charge < -0.3 is 124 Å². The number of ketones is 1. The second-order valence-electron chi connectivity index (χ2n) is 25.7. The molecule has 1 fully saturated rings. The van der Waals surface area contributed by atoms with Crippen LogP contribution in [-0.2, 0) is 143 Å². The molecule has 108 heavy (non-hydrogen) atoms. The molecule has 1 amide bonds. The lowest BCUT2D eigenvalue weighted by molar-refractivity contribution is -0.119. The highest BCUT2D eigenvalue weighted by molar-refractivity contribution is 5.78. The minimum absolute atomic E-state index is 0.359. The lowest BCUT2D eigenvalue weighted by atomic mass is 10.0. The van der Waals surface area contributed by atoms with Gasteiger partial charge in [0, 0.05) is 26.5 Å². The number of alkyl carbamates (subject to hydrolysis) is 1. The van der Waals surface area contributed by atoms with Crippen molar-refractivity contribution < 1.29 is 128 Å². The van der Waals surface area contributed by atoms with Crippen molar-refractivity contribution in [2.45, 2.75) is 129 Å². The van der Waals surface area contributed by atoms with Crippen molar-refractivity contribution in [1.29, 1.82) is 0 Å². The number of ether oxygens (including phenoxy) is 25. The van der Waals surface area contributed by atoms with Crippen molar-refractivity contribution in [3.63, 3.8) is 0 Å². The first kappa shape index (κ1) is 99.3. The molecule has 1 heterocycles. The van der Waals surface area contributed by atoms with Crippen molar-refractivity contribution in [2.24, 2.45) is 17.8 Å². The molecular formula is C77H146N4O27. The third kappa shape index (κ3) is 65.5. The van der Waals surface area contributed by atoms with Crippen molar-refractivity contribution in [1.82, 2.24) is 20.3 Å². The molecular weight excluding hydrogens is 1410 g/mol. The first-order valence-corrected chi connectivity index (χ1v) is 40.8. The number of unbranched alkanes of at least 4 members (excludes halogenated alkanes) is 10. The van der Waals surface area contributed by atoms with Crippen LogP contribution in [0.25, 0.3) is 0 Å². The van der Waals surface area contributed by atoms with Gasteiger partial charge in [-0.05, 0) is 56.3 Å². The van der Waals surface area contributed by atoms with E-state index < -0.39 is 0 Å². The highest BCUT2D eigenvalue weighted by Crippen LogP contribution is 2.53. The minimum Gasteiger partial charge on any atom is -0.449 e. The van der Waals surface area contributed by atoms with Gasteiger partial charge in [0.25, 0.3) is 0 Å². The van der Waals surface area contributed by atoms with Crippen LogP contribution in [0, 0.1) is 17.8 Å². The maximum Gasteiger partial charge on any atom is 0.406 e. The monoisotopic (exact) mass is 1560 g/mol. The van der Waals surface area contributed by atoms with Crippen molar-refractivity contribution >= 4 is 11.9 Å². The summed E-state index contributed by atoms with van der Waals surface area (Å²) in [6, 6.07) is 0. The Morgan fingerprint density at radius 3 is 0.833 bits per heavy atom. The van der Waals surface area contributed by atoms with Crippen LogP contribution in [-0.4, -0.2) is 358 Å². The summed E-state index contributed by atoms with van der Waals surface area (Å²) >= 11 is 0. The molecule has 31 nitrogen and oxygen atoms in total. The number of aromatic nitrogens is 3. The molecule has 0 bridgehead atoms. The van der Waals surface area contributed by atoms with E-state index in [-0.39, 0.29) is 6.09 Å². The molecule has 31 heteroatoms. The summed E-state index contributed by atoms with van der Waals surface area (Å²) in [5.74, 6) is 2.01. The number of fused-ring (bicyclic) bond motifs is 2. The molecule has 0 aromatic carbocycles. The number of Topliss-reactive ketones (excluding diaryl/α,β-unsaturated/α-hetero) is 1. The molecule has 0 spiro atoms. The molecule has 1 aromatic rings. The Kier molecular flexibility index (Phi) is 74.2.